The first-order valence-corrected chi connectivity index (χ1v) is 14.0. The number of amides is 2. The van der Waals surface area contributed by atoms with E-state index in [4.69, 9.17) is 0 Å². The Bertz CT molecular complexity index is 1260. The molecule has 8 nitrogen and oxygen atoms in total. The molecule has 5 rings (SSSR count). The number of likely N-dealkylation sites (N-methyl/N-ethyl adjacent to an activating group) is 1. The molecule has 0 saturated carbocycles. The molecule has 0 spiro atoms. The second kappa shape index (κ2) is 10.6. The van der Waals surface area contributed by atoms with Crippen LogP contribution in [0.5, 0.6) is 0 Å². The minimum Gasteiger partial charge on any atom is -0.366 e. The van der Waals surface area contributed by atoms with Gasteiger partial charge in [-0.3, -0.25) is 9.80 Å². The summed E-state index contributed by atoms with van der Waals surface area (Å²) in [5, 5.41) is 7.60. The number of nitrogens with zero attached hydrogens (tertiary/aromatic N) is 6. The first-order chi connectivity index (χ1) is 18.2. The van der Waals surface area contributed by atoms with E-state index >= 15 is 0 Å². The average Bonchev–Trinajstić information content (AvgIpc) is 3.35. The van der Waals surface area contributed by atoms with Crippen LogP contribution in [-0.4, -0.2) is 95.3 Å². The number of piperazine rings is 2. The van der Waals surface area contributed by atoms with Gasteiger partial charge in [-0.1, -0.05) is 24.3 Å². The van der Waals surface area contributed by atoms with Gasteiger partial charge in [-0.15, -0.1) is 0 Å². The number of benzene rings is 1. The standard InChI is InChI=1S/C30H43N7O/c1-22(2)32-29(38)35-17-15-34(16-18-35)27-11-12-31-37-20-25(19-28(27)37)24-7-9-26(10-8-24)30(5)21-36(23(3)4)14-13-33(30)6/h7-12,19-20,22-23H,13-18,21H2,1-6H3,(H,32,38)/t30-/m1/s1. The maximum absolute atomic E-state index is 12.4. The lowest BCUT2D eigenvalue weighted by Gasteiger charge is -2.49. The Morgan fingerprint density at radius 1 is 0.947 bits per heavy atom. The van der Waals surface area contributed by atoms with Crippen LogP contribution in [0.3, 0.4) is 0 Å². The molecule has 204 valence electrons. The summed E-state index contributed by atoms with van der Waals surface area (Å²) < 4.78 is 1.98. The number of hydrogen-bond acceptors (Lipinski definition) is 5. The third-order valence-corrected chi connectivity index (χ3v) is 8.45. The maximum atomic E-state index is 12.4. The molecule has 2 aliphatic heterocycles. The minimum absolute atomic E-state index is 0.00449. The molecule has 2 aromatic heterocycles. The molecule has 8 heteroatoms. The Morgan fingerprint density at radius 3 is 2.32 bits per heavy atom. The lowest BCUT2D eigenvalue weighted by Crippen LogP contribution is -2.58. The van der Waals surface area contributed by atoms with Gasteiger partial charge < -0.3 is 15.1 Å². The highest BCUT2D eigenvalue weighted by Gasteiger charge is 2.37. The third kappa shape index (κ3) is 5.12. The highest BCUT2D eigenvalue weighted by Crippen LogP contribution is 2.34. The minimum atomic E-state index is -0.00449. The van der Waals surface area contributed by atoms with Crippen LogP contribution in [0.2, 0.25) is 0 Å². The van der Waals surface area contributed by atoms with E-state index < -0.39 is 0 Å². The van der Waals surface area contributed by atoms with E-state index in [1.807, 2.05) is 29.5 Å². The summed E-state index contributed by atoms with van der Waals surface area (Å²) in [6.45, 7) is 17.2. The topological polar surface area (TPSA) is 59.4 Å². The number of anilines is 1. The lowest BCUT2D eigenvalue weighted by atomic mass is 9.86. The smallest absolute Gasteiger partial charge is 0.317 e. The molecule has 0 aliphatic carbocycles. The molecule has 2 aliphatic rings. The van der Waals surface area contributed by atoms with Gasteiger partial charge in [0.1, 0.15) is 0 Å². The Balaban J connectivity index is 1.34. The second-order valence-electron chi connectivity index (χ2n) is 11.7. The Labute approximate surface area is 227 Å². The van der Waals surface area contributed by atoms with Crippen LogP contribution in [0, 0.1) is 0 Å². The van der Waals surface area contributed by atoms with Gasteiger partial charge in [-0.2, -0.15) is 5.10 Å². The molecule has 0 radical (unpaired) electrons. The Morgan fingerprint density at radius 2 is 1.66 bits per heavy atom. The van der Waals surface area contributed by atoms with Crippen molar-refractivity contribution >= 4 is 17.2 Å². The highest BCUT2D eigenvalue weighted by molar-refractivity contribution is 5.80. The van der Waals surface area contributed by atoms with Crippen LogP contribution in [-0.2, 0) is 5.54 Å². The lowest BCUT2D eigenvalue weighted by molar-refractivity contribution is 0.0102. The first kappa shape index (κ1) is 26.5. The zero-order valence-corrected chi connectivity index (χ0v) is 23.8. The molecule has 4 heterocycles. The van der Waals surface area contributed by atoms with Gasteiger partial charge in [0, 0.05) is 75.9 Å². The van der Waals surface area contributed by atoms with E-state index in [1.165, 1.54) is 11.1 Å². The van der Waals surface area contributed by atoms with Crippen molar-refractivity contribution in [1.82, 2.24) is 29.6 Å². The molecule has 2 saturated heterocycles. The second-order valence-corrected chi connectivity index (χ2v) is 11.7. The number of rotatable bonds is 5. The van der Waals surface area contributed by atoms with Gasteiger partial charge in [0.15, 0.2) is 0 Å². The van der Waals surface area contributed by atoms with Crippen molar-refractivity contribution in [3.05, 3.63) is 54.4 Å². The molecule has 0 unspecified atom stereocenters. The molecular weight excluding hydrogens is 474 g/mol. The van der Waals surface area contributed by atoms with Gasteiger partial charge in [-0.05, 0) is 64.9 Å². The summed E-state index contributed by atoms with van der Waals surface area (Å²) in [5.74, 6) is 0. The fraction of sp³-hybridized carbons (Fsp3) is 0.533. The molecule has 2 fully saturated rings. The average molecular weight is 518 g/mol. The van der Waals surface area contributed by atoms with Crippen molar-refractivity contribution in [2.75, 3.05) is 57.8 Å². The molecule has 1 aromatic carbocycles. The monoisotopic (exact) mass is 517 g/mol. The summed E-state index contributed by atoms with van der Waals surface area (Å²) in [6, 6.07) is 14.2. The van der Waals surface area contributed by atoms with Crippen molar-refractivity contribution in [1.29, 1.82) is 0 Å². The largest absolute Gasteiger partial charge is 0.366 e. The van der Waals surface area contributed by atoms with E-state index in [0.717, 1.165) is 49.5 Å². The zero-order chi connectivity index (χ0) is 27.0. The van der Waals surface area contributed by atoms with Crippen LogP contribution in [0.1, 0.15) is 40.2 Å². The van der Waals surface area contributed by atoms with Crippen LogP contribution < -0.4 is 10.2 Å². The molecule has 38 heavy (non-hydrogen) atoms. The Hall–Kier alpha value is -3.10. The van der Waals surface area contributed by atoms with Crippen molar-refractivity contribution in [3.8, 4) is 11.1 Å². The summed E-state index contributed by atoms with van der Waals surface area (Å²) >= 11 is 0. The number of nitrogens with one attached hydrogen (secondary N) is 1. The van der Waals surface area contributed by atoms with Crippen molar-refractivity contribution in [2.24, 2.45) is 0 Å². The van der Waals surface area contributed by atoms with Gasteiger partial charge in [0.2, 0.25) is 0 Å². The van der Waals surface area contributed by atoms with E-state index in [9.17, 15) is 4.79 Å². The normalized spacial score (nSPS) is 21.6. The quantitative estimate of drug-likeness (QED) is 0.552. The molecule has 1 N–H and O–H groups in total. The number of aromatic nitrogens is 2. The summed E-state index contributed by atoms with van der Waals surface area (Å²) in [5.41, 5.74) is 5.97. The van der Waals surface area contributed by atoms with Crippen molar-refractivity contribution < 1.29 is 4.79 Å². The summed E-state index contributed by atoms with van der Waals surface area (Å²) in [4.78, 5) is 21.8. The predicted molar refractivity (Wildman–Crippen MR) is 155 cm³/mol. The fourth-order valence-corrected chi connectivity index (χ4v) is 5.81. The van der Waals surface area contributed by atoms with Crippen LogP contribution in [0.15, 0.2) is 48.8 Å². The van der Waals surface area contributed by atoms with Crippen LogP contribution >= 0.6 is 0 Å². The third-order valence-electron chi connectivity index (χ3n) is 8.45. The first-order valence-electron chi connectivity index (χ1n) is 14.0. The van der Waals surface area contributed by atoms with E-state index in [1.54, 1.807) is 0 Å². The van der Waals surface area contributed by atoms with Crippen LogP contribution in [0.4, 0.5) is 10.5 Å². The SMILES string of the molecule is CC(C)NC(=O)N1CCN(c2ccnn3cc(-c4ccc([C@@]5(C)CN(C(C)C)CCN5C)cc4)cc23)CC1. The maximum Gasteiger partial charge on any atom is 0.317 e. The van der Waals surface area contributed by atoms with Gasteiger partial charge in [-0.25, -0.2) is 9.31 Å². The number of carbonyl (C=O) groups is 1. The highest BCUT2D eigenvalue weighted by atomic mass is 16.2. The van der Waals surface area contributed by atoms with Crippen molar-refractivity contribution in [3.63, 3.8) is 0 Å². The van der Waals surface area contributed by atoms with Gasteiger partial charge >= 0.3 is 6.03 Å². The summed E-state index contributed by atoms with van der Waals surface area (Å²) in [6.07, 6.45) is 3.99. The number of fused-ring (bicyclic) bond motifs is 1. The van der Waals surface area contributed by atoms with E-state index in [2.05, 4.69) is 95.5 Å². The number of urea groups is 1. The van der Waals surface area contributed by atoms with Crippen molar-refractivity contribution in [2.45, 2.75) is 52.2 Å². The number of hydrogen-bond donors (Lipinski definition) is 1. The summed E-state index contributed by atoms with van der Waals surface area (Å²) in [7, 11) is 2.25. The van der Waals surface area contributed by atoms with E-state index in [0.29, 0.717) is 19.1 Å². The zero-order valence-electron chi connectivity index (χ0n) is 23.8. The van der Waals surface area contributed by atoms with Gasteiger partial charge in [0.25, 0.3) is 0 Å². The number of carbonyl (C=O) groups excluding carboxylic acids is 1. The Kier molecular flexibility index (Phi) is 7.38. The van der Waals surface area contributed by atoms with Crippen LogP contribution in [0.25, 0.3) is 16.6 Å². The fourth-order valence-electron chi connectivity index (χ4n) is 5.81. The van der Waals surface area contributed by atoms with Gasteiger partial charge in [0.05, 0.1) is 16.7 Å². The van der Waals surface area contributed by atoms with E-state index in [-0.39, 0.29) is 17.6 Å². The molecule has 0 bridgehead atoms. The predicted octanol–water partition coefficient (Wildman–Crippen LogP) is 4.11. The molecule has 3 aromatic rings. The molecular formula is C30H43N7O. The molecule has 1 atom stereocenters. The molecule has 2 amide bonds.